The van der Waals surface area contributed by atoms with Crippen LogP contribution in [0, 0.1) is 14.9 Å². The van der Waals surface area contributed by atoms with E-state index in [1.165, 1.54) is 0 Å². The predicted molar refractivity (Wildman–Crippen MR) is 24.2 cm³/mol. The molecule has 0 aromatic rings. The molecule has 0 rings (SSSR count). The van der Waals surface area contributed by atoms with E-state index < -0.39 is 0 Å². The zero-order valence-electron chi connectivity index (χ0n) is 5.41. The molecule has 0 amide bonds. The Hall–Kier alpha value is 1.25. The zero-order chi connectivity index (χ0) is 2.00. The van der Waals surface area contributed by atoms with Gasteiger partial charge in [0, 0.05) is 19.5 Å². The van der Waals surface area contributed by atoms with Gasteiger partial charge in [-0.1, -0.05) is 13.8 Å². The molecule has 32 valence electrons. The van der Waals surface area contributed by atoms with Crippen LogP contribution in [0.4, 0.5) is 0 Å². The molecular formula is C4H12Zn2. The van der Waals surface area contributed by atoms with E-state index in [4.69, 9.17) is 0 Å². The van der Waals surface area contributed by atoms with E-state index in [1.807, 2.05) is 13.8 Å². The van der Waals surface area contributed by atoms with Gasteiger partial charge in [0.25, 0.3) is 0 Å². The van der Waals surface area contributed by atoms with Gasteiger partial charge in [0.15, 0.2) is 0 Å². The smallest absolute Gasteiger partial charge is 0.358 e. The van der Waals surface area contributed by atoms with Crippen molar-refractivity contribution in [3.8, 4) is 0 Å². The third-order valence-corrected chi connectivity index (χ3v) is 0. The van der Waals surface area contributed by atoms with Gasteiger partial charge < -0.3 is 14.9 Å². The Kier molecular flexibility index (Phi) is 1030. The van der Waals surface area contributed by atoms with E-state index in [-0.39, 0.29) is 53.8 Å². The summed E-state index contributed by atoms with van der Waals surface area (Å²) in [6.07, 6.45) is 0. The Labute approximate surface area is 67.6 Å². The minimum Gasteiger partial charge on any atom is -0.358 e. The number of rotatable bonds is 0. The molecule has 0 bridgehead atoms. The number of hydrogen-bond donors (Lipinski definition) is 0. The average Bonchev–Trinajstić information content (AvgIpc) is 1.00. The van der Waals surface area contributed by atoms with Crippen molar-refractivity contribution < 1.29 is 39.0 Å². The topological polar surface area (TPSA) is 0 Å². The van der Waals surface area contributed by atoms with Crippen LogP contribution in [-0.4, -0.2) is 0 Å². The fraction of sp³-hybridized carbons (Fsp3) is 0.500. The van der Waals surface area contributed by atoms with E-state index in [9.17, 15) is 0 Å². The van der Waals surface area contributed by atoms with Crippen molar-refractivity contribution >= 4 is 0 Å². The largest absolute Gasteiger partial charge is 2.00 e. The molecule has 2 heteroatoms. The van der Waals surface area contributed by atoms with Crippen molar-refractivity contribution in [2.24, 2.45) is 0 Å². The molecule has 0 nitrogen and oxygen atoms in total. The maximum absolute atomic E-state index is 2.00. The first-order chi connectivity index (χ1) is 1.00. The first kappa shape index (κ1) is 56.0. The van der Waals surface area contributed by atoms with E-state index in [2.05, 4.69) is 0 Å². The van der Waals surface area contributed by atoms with Gasteiger partial charge in [-0.2, -0.15) is 0 Å². The van der Waals surface area contributed by atoms with Crippen molar-refractivity contribution in [2.45, 2.75) is 13.8 Å². The predicted octanol–water partition coefficient (Wildman–Crippen LogP) is 1.92. The van der Waals surface area contributed by atoms with E-state index >= 15 is 0 Å². The molecule has 0 aliphatic rings. The molecule has 0 aromatic heterocycles. The molecular weight excluding hydrogens is 179 g/mol. The van der Waals surface area contributed by atoms with Crippen LogP contribution in [0.15, 0.2) is 0 Å². The molecule has 0 spiro atoms. The van der Waals surface area contributed by atoms with Crippen LogP contribution in [0.25, 0.3) is 0 Å². The van der Waals surface area contributed by atoms with Crippen molar-refractivity contribution in [1.82, 2.24) is 0 Å². The summed E-state index contributed by atoms with van der Waals surface area (Å²) in [7, 11) is 0. The Balaban J connectivity index is -0.000000000833. The maximum Gasteiger partial charge on any atom is 2.00 e. The van der Waals surface area contributed by atoms with Crippen molar-refractivity contribution in [3.05, 3.63) is 14.9 Å². The summed E-state index contributed by atoms with van der Waals surface area (Å²) in [5, 5.41) is 0. The van der Waals surface area contributed by atoms with E-state index in [0.29, 0.717) is 0 Å². The summed E-state index contributed by atoms with van der Waals surface area (Å²) in [6, 6.07) is 0. The fourth-order valence-electron chi connectivity index (χ4n) is 0. The number of hydrogen-bond acceptors (Lipinski definition) is 0. The van der Waals surface area contributed by atoms with Gasteiger partial charge in [-0.3, -0.25) is 0 Å². The summed E-state index contributed by atoms with van der Waals surface area (Å²) >= 11 is 0. The summed E-state index contributed by atoms with van der Waals surface area (Å²) in [5.41, 5.74) is 0. The van der Waals surface area contributed by atoms with Gasteiger partial charge in [-0.25, -0.2) is 0 Å². The fourth-order valence-corrected chi connectivity index (χ4v) is 0. The third kappa shape index (κ3) is 60.9. The standard InChI is InChI=1S/C2H6.2CH3.2Zn/c1-2;;;;/h1-2H3;2*1H3;;/q;2*-1;;+2. The van der Waals surface area contributed by atoms with Gasteiger partial charge in [-0.05, 0) is 0 Å². The molecule has 0 aliphatic heterocycles. The van der Waals surface area contributed by atoms with E-state index in [1.54, 1.807) is 0 Å². The molecule has 0 atom stereocenters. The Morgan fingerprint density at radius 2 is 0.833 bits per heavy atom. The molecule has 6 heavy (non-hydrogen) atoms. The average molecular weight is 191 g/mol. The molecule has 0 fully saturated rings. The third-order valence-electron chi connectivity index (χ3n) is 0. The van der Waals surface area contributed by atoms with Crippen molar-refractivity contribution in [3.63, 3.8) is 0 Å². The monoisotopic (exact) mass is 188 g/mol. The minimum atomic E-state index is 0. The Bertz CT molecular complexity index is 5.51. The van der Waals surface area contributed by atoms with Gasteiger partial charge in [0.05, 0.1) is 0 Å². The van der Waals surface area contributed by atoms with E-state index in [0.717, 1.165) is 0 Å². The molecule has 0 saturated heterocycles. The van der Waals surface area contributed by atoms with Crippen LogP contribution >= 0.6 is 0 Å². The molecule has 0 aliphatic carbocycles. The first-order valence-electron chi connectivity index (χ1n) is 1.00. The van der Waals surface area contributed by atoms with Crippen LogP contribution in [0.3, 0.4) is 0 Å². The van der Waals surface area contributed by atoms with Gasteiger partial charge in [0.1, 0.15) is 0 Å². The molecule has 0 aromatic carbocycles. The van der Waals surface area contributed by atoms with Crippen LogP contribution in [-0.2, 0) is 39.0 Å². The second-order valence-electron chi connectivity index (χ2n) is 0. The SMILES string of the molecule is CC.[CH3-].[CH3-].[Zn+2].[Zn]. The molecule has 0 heterocycles. The normalized spacial score (nSPS) is 1.00. The maximum atomic E-state index is 2.00. The summed E-state index contributed by atoms with van der Waals surface area (Å²) in [6.45, 7) is 4.00. The molecule has 0 saturated carbocycles. The van der Waals surface area contributed by atoms with Crippen LogP contribution in [0.2, 0.25) is 0 Å². The first-order valence-corrected chi connectivity index (χ1v) is 1.00. The quantitative estimate of drug-likeness (QED) is 0.405. The molecule has 0 N–H and O–H groups in total. The Morgan fingerprint density at radius 3 is 0.833 bits per heavy atom. The minimum absolute atomic E-state index is 0. The molecule has 0 unspecified atom stereocenters. The summed E-state index contributed by atoms with van der Waals surface area (Å²) in [4.78, 5) is 0. The van der Waals surface area contributed by atoms with Crippen molar-refractivity contribution in [1.29, 1.82) is 0 Å². The molecule has 0 radical (unpaired) electrons. The van der Waals surface area contributed by atoms with Gasteiger partial charge >= 0.3 is 19.5 Å². The second kappa shape index (κ2) is 111. The second-order valence-corrected chi connectivity index (χ2v) is 0. The van der Waals surface area contributed by atoms with Crippen LogP contribution in [0.1, 0.15) is 13.8 Å². The van der Waals surface area contributed by atoms with Gasteiger partial charge in [-0.15, -0.1) is 0 Å². The van der Waals surface area contributed by atoms with Gasteiger partial charge in [0.2, 0.25) is 0 Å². The summed E-state index contributed by atoms with van der Waals surface area (Å²) in [5.74, 6) is 0. The Morgan fingerprint density at radius 1 is 0.833 bits per heavy atom. The zero-order valence-corrected chi connectivity index (χ0v) is 11.3. The van der Waals surface area contributed by atoms with Crippen LogP contribution < -0.4 is 0 Å². The van der Waals surface area contributed by atoms with Crippen molar-refractivity contribution in [2.75, 3.05) is 0 Å². The summed E-state index contributed by atoms with van der Waals surface area (Å²) < 4.78 is 0. The van der Waals surface area contributed by atoms with Crippen LogP contribution in [0.5, 0.6) is 0 Å².